The lowest BCUT2D eigenvalue weighted by Crippen LogP contribution is -2.35. The van der Waals surface area contributed by atoms with Crippen molar-refractivity contribution < 1.29 is 18.3 Å². The average Bonchev–Trinajstić information content (AvgIpc) is 3.21. The molecule has 0 saturated heterocycles. The molecular weight excluding hydrogens is 424 g/mol. The van der Waals surface area contributed by atoms with Crippen molar-refractivity contribution in [1.82, 2.24) is 10.6 Å². The fourth-order valence-corrected chi connectivity index (χ4v) is 3.29. The lowest BCUT2D eigenvalue weighted by molar-refractivity contribution is -0.119. The molecule has 158 valence electrons. The number of nitrogens with one attached hydrogen (secondary N) is 3. The number of carbonyl (C=O) groups is 1. The van der Waals surface area contributed by atoms with E-state index in [4.69, 9.17) is 17.0 Å². The summed E-state index contributed by atoms with van der Waals surface area (Å²) in [5.74, 6) is -1.24. The van der Waals surface area contributed by atoms with Crippen LogP contribution < -0.4 is 20.7 Å². The SMILES string of the molecule is O=C(Cc1ccc(F)cc1)NC(=S)Nc1ccc(OC2=NC=NC3NC=CC23)c(F)c1. The van der Waals surface area contributed by atoms with Gasteiger partial charge in [-0.3, -0.25) is 4.79 Å². The van der Waals surface area contributed by atoms with Crippen molar-refractivity contribution in [3.05, 3.63) is 71.9 Å². The van der Waals surface area contributed by atoms with Gasteiger partial charge in [0.25, 0.3) is 0 Å². The number of carbonyl (C=O) groups excluding carboxylic acids is 1. The molecule has 0 aromatic heterocycles. The minimum atomic E-state index is -0.623. The van der Waals surface area contributed by atoms with Crippen LogP contribution in [-0.4, -0.2) is 29.4 Å². The highest BCUT2D eigenvalue weighted by Gasteiger charge is 2.31. The first-order valence-electron chi connectivity index (χ1n) is 9.33. The maximum Gasteiger partial charge on any atom is 0.230 e. The molecule has 4 rings (SSSR count). The molecule has 2 atom stereocenters. The summed E-state index contributed by atoms with van der Waals surface area (Å²) in [4.78, 5) is 20.3. The highest BCUT2D eigenvalue weighted by atomic mass is 32.1. The molecule has 31 heavy (non-hydrogen) atoms. The summed E-state index contributed by atoms with van der Waals surface area (Å²) in [5.41, 5.74) is 0.976. The van der Waals surface area contributed by atoms with E-state index >= 15 is 0 Å². The number of benzene rings is 2. The first kappa shape index (κ1) is 20.6. The zero-order valence-electron chi connectivity index (χ0n) is 16.0. The van der Waals surface area contributed by atoms with E-state index in [0.29, 0.717) is 17.1 Å². The number of thiocarbonyl (C=S) groups is 1. The van der Waals surface area contributed by atoms with E-state index in [9.17, 15) is 13.6 Å². The van der Waals surface area contributed by atoms with Crippen molar-refractivity contribution in [3.8, 4) is 5.75 Å². The third kappa shape index (κ3) is 5.10. The third-order valence-corrected chi connectivity index (χ3v) is 4.75. The fourth-order valence-electron chi connectivity index (χ4n) is 3.06. The van der Waals surface area contributed by atoms with Gasteiger partial charge in [0.1, 0.15) is 18.3 Å². The number of halogens is 2. The van der Waals surface area contributed by atoms with Crippen molar-refractivity contribution in [2.24, 2.45) is 15.9 Å². The molecule has 3 N–H and O–H groups in total. The van der Waals surface area contributed by atoms with Gasteiger partial charge in [-0.15, -0.1) is 0 Å². The predicted octanol–water partition coefficient (Wildman–Crippen LogP) is 2.90. The first-order chi connectivity index (χ1) is 15.0. The molecule has 0 aliphatic carbocycles. The van der Waals surface area contributed by atoms with E-state index in [2.05, 4.69) is 25.9 Å². The predicted molar refractivity (Wildman–Crippen MR) is 117 cm³/mol. The van der Waals surface area contributed by atoms with Crippen LogP contribution in [0, 0.1) is 17.6 Å². The van der Waals surface area contributed by atoms with Gasteiger partial charge in [0.2, 0.25) is 11.8 Å². The minimum absolute atomic E-state index is 0.00455. The third-order valence-electron chi connectivity index (χ3n) is 4.54. The van der Waals surface area contributed by atoms with Crippen LogP contribution in [0.2, 0.25) is 0 Å². The Hall–Kier alpha value is -3.66. The molecule has 2 aromatic carbocycles. The van der Waals surface area contributed by atoms with Crippen molar-refractivity contribution in [3.63, 3.8) is 0 Å². The van der Waals surface area contributed by atoms with Crippen LogP contribution in [0.5, 0.6) is 5.75 Å². The number of amides is 1. The number of rotatable bonds is 4. The fraction of sp³-hybridized carbons (Fsp3) is 0.143. The van der Waals surface area contributed by atoms with Gasteiger partial charge in [-0.1, -0.05) is 18.2 Å². The smallest absolute Gasteiger partial charge is 0.230 e. The maximum absolute atomic E-state index is 14.5. The second kappa shape index (κ2) is 9.00. The van der Waals surface area contributed by atoms with Gasteiger partial charge in [-0.05, 0) is 48.2 Å². The van der Waals surface area contributed by atoms with Crippen LogP contribution in [-0.2, 0) is 11.2 Å². The van der Waals surface area contributed by atoms with Gasteiger partial charge in [0.15, 0.2) is 16.7 Å². The maximum atomic E-state index is 14.5. The largest absolute Gasteiger partial charge is 0.439 e. The summed E-state index contributed by atoms with van der Waals surface area (Å²) in [7, 11) is 0. The lowest BCUT2D eigenvalue weighted by atomic mass is 10.1. The monoisotopic (exact) mass is 441 g/mol. The van der Waals surface area contributed by atoms with Crippen LogP contribution in [0.1, 0.15) is 5.56 Å². The molecule has 7 nitrogen and oxygen atoms in total. The number of anilines is 1. The van der Waals surface area contributed by atoms with E-state index in [1.165, 1.54) is 42.7 Å². The Labute approximate surface area is 181 Å². The topological polar surface area (TPSA) is 87.1 Å². The molecule has 0 radical (unpaired) electrons. The minimum Gasteiger partial charge on any atom is -0.439 e. The van der Waals surface area contributed by atoms with Crippen LogP contribution in [0.25, 0.3) is 0 Å². The average molecular weight is 441 g/mol. The first-order valence-corrected chi connectivity index (χ1v) is 9.73. The number of aliphatic imine (C=N–C) groups is 2. The zero-order valence-corrected chi connectivity index (χ0v) is 16.8. The molecule has 2 unspecified atom stereocenters. The Kier molecular flexibility index (Phi) is 5.99. The number of nitrogens with zero attached hydrogens (tertiary/aromatic N) is 2. The second-order valence-corrected chi connectivity index (χ2v) is 7.19. The zero-order chi connectivity index (χ0) is 21.8. The molecule has 1 amide bonds. The molecule has 0 fully saturated rings. The van der Waals surface area contributed by atoms with Crippen molar-refractivity contribution >= 4 is 41.2 Å². The Balaban J connectivity index is 1.33. The quantitative estimate of drug-likeness (QED) is 0.636. The summed E-state index contributed by atoms with van der Waals surface area (Å²) in [6, 6.07) is 9.78. The van der Waals surface area contributed by atoms with Crippen LogP contribution in [0.15, 0.2) is 64.7 Å². The number of fused-ring (bicyclic) bond motifs is 1. The van der Waals surface area contributed by atoms with Gasteiger partial charge in [-0.2, -0.15) is 0 Å². The Morgan fingerprint density at radius 3 is 2.77 bits per heavy atom. The number of hydrogen-bond donors (Lipinski definition) is 3. The van der Waals surface area contributed by atoms with E-state index in [1.54, 1.807) is 12.3 Å². The van der Waals surface area contributed by atoms with Crippen LogP contribution >= 0.6 is 12.2 Å². The Morgan fingerprint density at radius 1 is 1.19 bits per heavy atom. The van der Waals surface area contributed by atoms with Gasteiger partial charge >= 0.3 is 0 Å². The van der Waals surface area contributed by atoms with Gasteiger partial charge in [0, 0.05) is 11.8 Å². The van der Waals surface area contributed by atoms with Crippen LogP contribution in [0.4, 0.5) is 14.5 Å². The molecule has 10 heteroatoms. The van der Waals surface area contributed by atoms with E-state index < -0.39 is 5.82 Å². The van der Waals surface area contributed by atoms with E-state index in [0.717, 1.165) is 0 Å². The summed E-state index contributed by atoms with van der Waals surface area (Å²) in [6.45, 7) is 0. The standard InChI is InChI=1S/C21H17F2N5O2S/c22-13-3-1-12(2-4-13)9-18(29)28-21(31)27-14-5-6-17(16(23)10-14)30-20-15-7-8-24-19(15)25-11-26-20/h1-8,10-11,15,19,24H,9H2,(H2,27,28,29,31). The Bertz CT molecular complexity index is 1100. The molecule has 0 saturated carbocycles. The van der Waals surface area contributed by atoms with E-state index in [1.807, 2.05) is 6.08 Å². The second-order valence-electron chi connectivity index (χ2n) is 6.78. The van der Waals surface area contributed by atoms with Crippen molar-refractivity contribution in [2.75, 3.05) is 5.32 Å². The highest BCUT2D eigenvalue weighted by molar-refractivity contribution is 7.80. The molecule has 2 heterocycles. The van der Waals surface area contributed by atoms with Crippen molar-refractivity contribution in [1.29, 1.82) is 0 Å². The summed E-state index contributed by atoms with van der Waals surface area (Å²) >= 11 is 5.10. The molecular formula is C21H17F2N5O2S. The molecule has 2 aliphatic heterocycles. The van der Waals surface area contributed by atoms with Gasteiger partial charge < -0.3 is 20.7 Å². The molecule has 2 aromatic rings. The van der Waals surface area contributed by atoms with E-state index in [-0.39, 0.29) is 41.1 Å². The van der Waals surface area contributed by atoms with Crippen molar-refractivity contribution in [2.45, 2.75) is 12.6 Å². The van der Waals surface area contributed by atoms with Gasteiger partial charge in [-0.25, -0.2) is 18.8 Å². The molecule has 2 aliphatic rings. The number of ether oxygens (including phenoxy) is 1. The van der Waals surface area contributed by atoms with Crippen LogP contribution in [0.3, 0.4) is 0 Å². The summed E-state index contributed by atoms with van der Waals surface area (Å²) in [5, 5.41) is 8.31. The lowest BCUT2D eigenvalue weighted by Gasteiger charge is -2.21. The molecule has 0 spiro atoms. The highest BCUT2D eigenvalue weighted by Crippen LogP contribution is 2.25. The normalized spacial score (nSPS) is 18.6. The summed E-state index contributed by atoms with van der Waals surface area (Å²) in [6.07, 6.45) is 4.80. The molecule has 0 bridgehead atoms. The summed E-state index contributed by atoms with van der Waals surface area (Å²) < 4.78 is 33.1. The number of hydrogen-bond acceptors (Lipinski definition) is 6. The Morgan fingerprint density at radius 2 is 2.00 bits per heavy atom. The van der Waals surface area contributed by atoms with Gasteiger partial charge in [0.05, 0.1) is 12.3 Å².